The zero-order valence-corrected chi connectivity index (χ0v) is 15.8. The molecular formula is C19H19BrN2O4. The SMILES string of the molecule is O=C1NCC2(CCCOC2)n2cc(Br)c(=O)c(OCc3ccccc3)c21. The Morgan fingerprint density at radius 3 is 2.81 bits per heavy atom. The van der Waals surface area contributed by atoms with E-state index in [0.717, 1.165) is 18.4 Å². The number of ether oxygens (including phenoxy) is 2. The normalized spacial score (nSPS) is 22.0. The molecule has 6 nitrogen and oxygen atoms in total. The molecule has 1 unspecified atom stereocenters. The first-order valence-corrected chi connectivity index (χ1v) is 9.38. The highest BCUT2D eigenvalue weighted by Gasteiger charge is 2.42. The van der Waals surface area contributed by atoms with E-state index in [1.54, 1.807) is 6.20 Å². The summed E-state index contributed by atoms with van der Waals surface area (Å²) in [7, 11) is 0. The van der Waals surface area contributed by atoms with Crippen LogP contribution < -0.4 is 15.5 Å². The first-order valence-electron chi connectivity index (χ1n) is 8.59. The van der Waals surface area contributed by atoms with Crippen molar-refractivity contribution in [2.75, 3.05) is 19.8 Å². The van der Waals surface area contributed by atoms with Gasteiger partial charge in [-0.15, -0.1) is 0 Å². The van der Waals surface area contributed by atoms with Gasteiger partial charge in [-0.2, -0.15) is 0 Å². The Morgan fingerprint density at radius 1 is 1.27 bits per heavy atom. The van der Waals surface area contributed by atoms with Crippen molar-refractivity contribution in [2.24, 2.45) is 0 Å². The third-order valence-electron chi connectivity index (χ3n) is 4.95. The monoisotopic (exact) mass is 418 g/mol. The Balaban J connectivity index is 1.79. The molecule has 0 saturated carbocycles. The van der Waals surface area contributed by atoms with Crippen LogP contribution in [0.1, 0.15) is 28.9 Å². The number of nitrogens with zero attached hydrogens (tertiary/aromatic N) is 1. The number of benzene rings is 1. The van der Waals surface area contributed by atoms with Crippen LogP contribution in [0.3, 0.4) is 0 Å². The number of amides is 1. The first kappa shape index (κ1) is 17.3. The third kappa shape index (κ3) is 2.95. The second-order valence-corrected chi connectivity index (χ2v) is 7.55. The molecule has 0 aliphatic carbocycles. The van der Waals surface area contributed by atoms with Crippen LogP contribution in [0.2, 0.25) is 0 Å². The van der Waals surface area contributed by atoms with E-state index >= 15 is 0 Å². The van der Waals surface area contributed by atoms with Crippen LogP contribution >= 0.6 is 15.9 Å². The van der Waals surface area contributed by atoms with E-state index in [0.29, 0.717) is 24.2 Å². The first-order chi connectivity index (χ1) is 12.6. The summed E-state index contributed by atoms with van der Waals surface area (Å²) in [4.78, 5) is 25.3. The number of fused-ring (bicyclic) bond motifs is 2. The third-order valence-corrected chi connectivity index (χ3v) is 5.52. The molecule has 136 valence electrons. The minimum Gasteiger partial charge on any atom is -0.483 e. The lowest BCUT2D eigenvalue weighted by Crippen LogP contribution is -2.56. The number of pyridine rings is 1. The number of nitrogens with one attached hydrogen (secondary N) is 1. The minimum absolute atomic E-state index is 0.0744. The number of hydrogen-bond acceptors (Lipinski definition) is 4. The average molecular weight is 419 g/mol. The van der Waals surface area contributed by atoms with Crippen molar-refractivity contribution in [1.29, 1.82) is 0 Å². The maximum Gasteiger partial charge on any atom is 0.272 e. The number of rotatable bonds is 3. The van der Waals surface area contributed by atoms with Crippen LogP contribution in [0, 0.1) is 0 Å². The van der Waals surface area contributed by atoms with E-state index in [2.05, 4.69) is 21.2 Å². The topological polar surface area (TPSA) is 69.6 Å². The molecule has 1 aromatic heterocycles. The maximum atomic E-state index is 12.7. The van der Waals surface area contributed by atoms with Crippen LogP contribution in [-0.2, 0) is 16.9 Å². The van der Waals surface area contributed by atoms with Crippen molar-refractivity contribution in [2.45, 2.75) is 25.0 Å². The zero-order chi connectivity index (χ0) is 18.1. The minimum atomic E-state index is -0.386. The molecule has 1 spiro atoms. The van der Waals surface area contributed by atoms with Crippen molar-refractivity contribution in [3.63, 3.8) is 0 Å². The summed E-state index contributed by atoms with van der Waals surface area (Å²) in [5.74, 6) is -0.223. The fourth-order valence-electron chi connectivity index (χ4n) is 3.59. The Kier molecular flexibility index (Phi) is 4.58. The molecule has 3 heterocycles. The number of carbonyl (C=O) groups is 1. The molecule has 1 N–H and O–H groups in total. The second kappa shape index (κ2) is 6.89. The van der Waals surface area contributed by atoms with E-state index in [-0.39, 0.29) is 34.9 Å². The summed E-state index contributed by atoms with van der Waals surface area (Å²) in [5, 5.41) is 2.91. The van der Waals surface area contributed by atoms with Crippen molar-refractivity contribution in [3.05, 3.63) is 62.5 Å². The maximum absolute atomic E-state index is 12.7. The molecule has 0 radical (unpaired) electrons. The molecule has 2 aromatic rings. The van der Waals surface area contributed by atoms with Crippen LogP contribution in [0.15, 0.2) is 45.8 Å². The highest BCUT2D eigenvalue weighted by atomic mass is 79.9. The van der Waals surface area contributed by atoms with Gasteiger partial charge in [-0.25, -0.2) is 0 Å². The quantitative estimate of drug-likeness (QED) is 0.830. The molecule has 1 fully saturated rings. The molecular weight excluding hydrogens is 400 g/mol. The van der Waals surface area contributed by atoms with E-state index < -0.39 is 0 Å². The smallest absolute Gasteiger partial charge is 0.272 e. The molecule has 2 aliphatic rings. The van der Waals surface area contributed by atoms with Crippen LogP contribution in [0.5, 0.6) is 5.75 Å². The number of aromatic nitrogens is 1. The Hall–Kier alpha value is -2.12. The zero-order valence-electron chi connectivity index (χ0n) is 14.2. The molecule has 2 aliphatic heterocycles. The van der Waals surface area contributed by atoms with Crippen molar-refractivity contribution in [3.8, 4) is 5.75 Å². The lowest BCUT2D eigenvalue weighted by atomic mass is 9.89. The van der Waals surface area contributed by atoms with E-state index in [4.69, 9.17) is 9.47 Å². The van der Waals surface area contributed by atoms with Gasteiger partial charge in [0.05, 0.1) is 16.6 Å². The predicted molar refractivity (Wildman–Crippen MR) is 99.5 cm³/mol. The molecule has 7 heteroatoms. The molecule has 1 aromatic carbocycles. The average Bonchev–Trinajstić information content (AvgIpc) is 2.67. The Bertz CT molecular complexity index is 888. The van der Waals surface area contributed by atoms with Crippen molar-refractivity contribution in [1.82, 2.24) is 9.88 Å². The lowest BCUT2D eigenvalue weighted by Gasteiger charge is -2.43. The summed E-state index contributed by atoms with van der Waals surface area (Å²) in [6.07, 6.45) is 3.47. The fourth-order valence-corrected chi connectivity index (χ4v) is 3.98. The molecule has 26 heavy (non-hydrogen) atoms. The highest BCUT2D eigenvalue weighted by molar-refractivity contribution is 9.10. The fraction of sp³-hybridized carbons (Fsp3) is 0.368. The standard InChI is InChI=1S/C19H19BrN2O4/c20-14-9-22-15(18(24)21-11-19(22)7-4-8-25-12-19)17(16(14)23)26-10-13-5-2-1-3-6-13/h1-3,5-6,9H,4,7-8,10-12H2,(H,21,24). The van der Waals surface area contributed by atoms with Crippen LogP contribution in [0.4, 0.5) is 0 Å². The molecule has 1 saturated heterocycles. The number of halogens is 1. The van der Waals surface area contributed by atoms with Gasteiger partial charge < -0.3 is 19.4 Å². The van der Waals surface area contributed by atoms with Gasteiger partial charge in [-0.05, 0) is 34.3 Å². The van der Waals surface area contributed by atoms with Gasteiger partial charge in [0.2, 0.25) is 5.43 Å². The molecule has 0 bridgehead atoms. The van der Waals surface area contributed by atoms with E-state index in [1.165, 1.54) is 0 Å². The summed E-state index contributed by atoms with van der Waals surface area (Å²) < 4.78 is 13.8. The van der Waals surface area contributed by atoms with Gasteiger partial charge in [0.15, 0.2) is 11.4 Å². The summed E-state index contributed by atoms with van der Waals surface area (Å²) in [6.45, 7) is 1.90. The van der Waals surface area contributed by atoms with Gasteiger partial charge in [-0.3, -0.25) is 9.59 Å². The predicted octanol–water partition coefficient (Wildman–Crippen LogP) is 2.44. The van der Waals surface area contributed by atoms with Gasteiger partial charge in [0.25, 0.3) is 5.91 Å². The number of carbonyl (C=O) groups excluding carboxylic acids is 1. The largest absolute Gasteiger partial charge is 0.483 e. The lowest BCUT2D eigenvalue weighted by molar-refractivity contribution is -0.00607. The Morgan fingerprint density at radius 2 is 2.08 bits per heavy atom. The molecule has 4 rings (SSSR count). The molecule has 1 atom stereocenters. The van der Waals surface area contributed by atoms with Gasteiger partial charge in [0.1, 0.15) is 6.61 Å². The van der Waals surface area contributed by atoms with E-state index in [9.17, 15) is 9.59 Å². The van der Waals surface area contributed by atoms with E-state index in [1.807, 2.05) is 34.9 Å². The van der Waals surface area contributed by atoms with Crippen LogP contribution in [0.25, 0.3) is 0 Å². The van der Waals surface area contributed by atoms with Gasteiger partial charge in [-0.1, -0.05) is 30.3 Å². The van der Waals surface area contributed by atoms with Crippen LogP contribution in [-0.4, -0.2) is 30.2 Å². The summed E-state index contributed by atoms with van der Waals surface area (Å²) >= 11 is 3.34. The van der Waals surface area contributed by atoms with Crippen molar-refractivity contribution < 1.29 is 14.3 Å². The van der Waals surface area contributed by atoms with Gasteiger partial charge in [0, 0.05) is 19.3 Å². The Labute approximate surface area is 159 Å². The van der Waals surface area contributed by atoms with Gasteiger partial charge >= 0.3 is 0 Å². The number of hydrogen-bond donors (Lipinski definition) is 1. The highest BCUT2D eigenvalue weighted by Crippen LogP contribution is 2.34. The molecule has 1 amide bonds. The van der Waals surface area contributed by atoms with Crippen molar-refractivity contribution >= 4 is 21.8 Å². The summed E-state index contributed by atoms with van der Waals surface area (Å²) in [6, 6.07) is 9.56. The summed E-state index contributed by atoms with van der Waals surface area (Å²) in [5.41, 5.74) is 0.488. The second-order valence-electron chi connectivity index (χ2n) is 6.69.